The highest BCUT2D eigenvalue weighted by Gasteiger charge is 2.33. The smallest absolute Gasteiger partial charge is 0.230 e. The third-order valence-electron chi connectivity index (χ3n) is 6.25. The highest BCUT2D eigenvalue weighted by Crippen LogP contribution is 2.43. The van der Waals surface area contributed by atoms with Crippen molar-refractivity contribution in [2.24, 2.45) is 0 Å². The zero-order valence-electron chi connectivity index (χ0n) is 18.5. The molecule has 0 amide bonds. The van der Waals surface area contributed by atoms with E-state index in [4.69, 9.17) is 27.6 Å². The van der Waals surface area contributed by atoms with E-state index >= 15 is 0 Å². The summed E-state index contributed by atoms with van der Waals surface area (Å²) < 4.78 is 6.88. The minimum Gasteiger partial charge on any atom is -0.492 e. The van der Waals surface area contributed by atoms with E-state index in [1.165, 1.54) is 21.5 Å². The van der Waals surface area contributed by atoms with Gasteiger partial charge in [-0.05, 0) is 42.0 Å². The van der Waals surface area contributed by atoms with Crippen molar-refractivity contribution in [3.05, 3.63) is 87.4 Å². The number of halogens is 2. The molecule has 6 rings (SSSR count). The van der Waals surface area contributed by atoms with Crippen LogP contribution in [0.1, 0.15) is 16.5 Å². The SMILES string of the molecule is Oc1c(C(c2ccc(Cl)cc2Cl)N2CCN(c3ccccc3)CC2)sc2nc(-c3ccco3)nn12. The number of aromatic hydroxyl groups is 1. The van der Waals surface area contributed by atoms with Crippen LogP contribution in [0.3, 0.4) is 0 Å². The number of benzene rings is 2. The number of piperazine rings is 1. The molecule has 0 aliphatic carbocycles. The fraction of sp³-hybridized carbons (Fsp3) is 0.200. The maximum absolute atomic E-state index is 11.3. The first-order valence-electron chi connectivity index (χ1n) is 11.2. The number of fused-ring (bicyclic) bond motifs is 1. The standard InChI is InChI=1S/C25H21Cl2N5O2S/c26-16-8-9-18(19(27)15-16)21(31-12-10-30(11-13-31)17-5-2-1-3-6-17)22-24(33)32-25(35-22)28-23(29-32)20-7-4-14-34-20/h1-9,14-15,21,33H,10-13H2. The Kier molecular flexibility index (Phi) is 5.89. The molecule has 2 aromatic carbocycles. The second kappa shape index (κ2) is 9.20. The van der Waals surface area contributed by atoms with E-state index in [9.17, 15) is 5.11 Å². The summed E-state index contributed by atoms with van der Waals surface area (Å²) in [7, 11) is 0. The van der Waals surface area contributed by atoms with Crippen molar-refractivity contribution in [1.29, 1.82) is 0 Å². The van der Waals surface area contributed by atoms with Crippen LogP contribution >= 0.6 is 34.5 Å². The van der Waals surface area contributed by atoms with Crippen LogP contribution in [-0.4, -0.2) is 50.8 Å². The van der Waals surface area contributed by atoms with E-state index in [2.05, 4.69) is 44.1 Å². The lowest BCUT2D eigenvalue weighted by Gasteiger charge is -2.40. The topological polar surface area (TPSA) is 70.0 Å². The van der Waals surface area contributed by atoms with Gasteiger partial charge in [0.1, 0.15) is 0 Å². The Morgan fingerprint density at radius 3 is 2.46 bits per heavy atom. The summed E-state index contributed by atoms with van der Waals surface area (Å²) in [6, 6.07) is 19.2. The van der Waals surface area contributed by atoms with Crippen LogP contribution in [0.25, 0.3) is 16.5 Å². The number of nitrogens with zero attached hydrogens (tertiary/aromatic N) is 5. The number of rotatable bonds is 5. The third kappa shape index (κ3) is 4.16. The van der Waals surface area contributed by atoms with Gasteiger partial charge in [-0.2, -0.15) is 9.50 Å². The molecule has 0 spiro atoms. The quantitative estimate of drug-likeness (QED) is 0.304. The van der Waals surface area contributed by atoms with Crippen LogP contribution in [0.5, 0.6) is 5.88 Å². The maximum atomic E-state index is 11.3. The largest absolute Gasteiger partial charge is 0.492 e. The van der Waals surface area contributed by atoms with E-state index in [1.54, 1.807) is 24.5 Å². The minimum absolute atomic E-state index is 0.0526. The molecule has 4 heterocycles. The lowest BCUT2D eigenvalue weighted by Crippen LogP contribution is -2.47. The fourth-order valence-electron chi connectivity index (χ4n) is 4.54. The normalized spacial score (nSPS) is 15.7. The van der Waals surface area contributed by atoms with Crippen LogP contribution in [0.4, 0.5) is 5.69 Å². The van der Waals surface area contributed by atoms with Crippen molar-refractivity contribution in [2.75, 3.05) is 31.1 Å². The van der Waals surface area contributed by atoms with Crippen LogP contribution in [0.15, 0.2) is 71.3 Å². The summed E-state index contributed by atoms with van der Waals surface area (Å²) in [5, 5.41) is 16.9. The Morgan fingerprint density at radius 1 is 0.971 bits per heavy atom. The number of para-hydroxylation sites is 1. The van der Waals surface area contributed by atoms with Gasteiger partial charge < -0.3 is 14.4 Å². The molecule has 1 unspecified atom stereocenters. The van der Waals surface area contributed by atoms with E-state index < -0.39 is 0 Å². The molecule has 3 aromatic heterocycles. The minimum atomic E-state index is -0.266. The van der Waals surface area contributed by atoms with Gasteiger partial charge in [-0.3, -0.25) is 4.90 Å². The van der Waals surface area contributed by atoms with E-state index in [0.29, 0.717) is 26.6 Å². The molecule has 5 aromatic rings. The molecular weight excluding hydrogens is 505 g/mol. The first-order valence-corrected chi connectivity index (χ1v) is 12.8. The molecule has 1 atom stereocenters. The highest BCUT2D eigenvalue weighted by molar-refractivity contribution is 7.17. The predicted molar refractivity (Wildman–Crippen MR) is 139 cm³/mol. The molecule has 0 saturated carbocycles. The fourth-order valence-corrected chi connectivity index (χ4v) is 6.16. The van der Waals surface area contributed by atoms with E-state index in [0.717, 1.165) is 36.6 Å². The van der Waals surface area contributed by atoms with Gasteiger partial charge in [0.25, 0.3) is 0 Å². The molecule has 7 nitrogen and oxygen atoms in total. The second-order valence-corrected chi connectivity index (χ2v) is 10.2. The van der Waals surface area contributed by atoms with Gasteiger partial charge in [0.05, 0.1) is 17.2 Å². The summed E-state index contributed by atoms with van der Waals surface area (Å²) in [4.78, 5) is 10.6. The van der Waals surface area contributed by atoms with Crippen LogP contribution in [0.2, 0.25) is 10.0 Å². The van der Waals surface area contributed by atoms with Gasteiger partial charge in [0.2, 0.25) is 16.7 Å². The molecule has 0 bridgehead atoms. The number of thiazole rings is 1. The van der Waals surface area contributed by atoms with Crippen molar-refractivity contribution in [3.8, 4) is 17.5 Å². The highest BCUT2D eigenvalue weighted by atomic mass is 35.5. The average molecular weight is 526 g/mol. The predicted octanol–water partition coefficient (Wildman–Crippen LogP) is 5.97. The Balaban J connectivity index is 1.37. The molecule has 1 aliphatic rings. The molecule has 35 heavy (non-hydrogen) atoms. The third-order valence-corrected chi connectivity index (χ3v) is 7.88. The number of hydrogen-bond donors (Lipinski definition) is 1. The van der Waals surface area contributed by atoms with Gasteiger partial charge >= 0.3 is 0 Å². The van der Waals surface area contributed by atoms with E-state index in [-0.39, 0.29) is 11.9 Å². The number of aromatic nitrogens is 3. The van der Waals surface area contributed by atoms with Gasteiger partial charge in [0.15, 0.2) is 5.76 Å². The summed E-state index contributed by atoms with van der Waals surface area (Å²) >= 11 is 14.3. The van der Waals surface area contributed by atoms with Crippen molar-refractivity contribution < 1.29 is 9.52 Å². The molecule has 1 N–H and O–H groups in total. The van der Waals surface area contributed by atoms with E-state index in [1.807, 2.05) is 18.2 Å². The lowest BCUT2D eigenvalue weighted by molar-refractivity contribution is 0.211. The molecule has 1 saturated heterocycles. The maximum Gasteiger partial charge on any atom is 0.230 e. The average Bonchev–Trinajstić information content (AvgIpc) is 3.61. The first kappa shape index (κ1) is 22.4. The van der Waals surface area contributed by atoms with Crippen LogP contribution in [0, 0.1) is 0 Å². The molecule has 10 heteroatoms. The Hall–Kier alpha value is -3.04. The summed E-state index contributed by atoms with van der Waals surface area (Å²) in [5.74, 6) is 1.04. The lowest BCUT2D eigenvalue weighted by atomic mass is 10.0. The Labute approximate surface area is 215 Å². The Bertz CT molecular complexity index is 1460. The van der Waals surface area contributed by atoms with Crippen molar-refractivity contribution >= 4 is 45.2 Å². The zero-order valence-corrected chi connectivity index (χ0v) is 20.8. The van der Waals surface area contributed by atoms with Crippen molar-refractivity contribution in [2.45, 2.75) is 6.04 Å². The summed E-state index contributed by atoms with van der Waals surface area (Å²) in [6.07, 6.45) is 1.57. The van der Waals surface area contributed by atoms with Gasteiger partial charge in [-0.15, -0.1) is 5.10 Å². The first-order chi connectivity index (χ1) is 17.1. The molecule has 178 valence electrons. The van der Waals surface area contributed by atoms with Crippen molar-refractivity contribution in [3.63, 3.8) is 0 Å². The molecule has 1 aliphatic heterocycles. The molecule has 0 radical (unpaired) electrons. The van der Waals surface area contributed by atoms with Gasteiger partial charge in [-0.25, -0.2) is 0 Å². The molecular formula is C25H21Cl2N5O2S. The number of hydrogen-bond acceptors (Lipinski definition) is 7. The zero-order chi connectivity index (χ0) is 23.9. The monoisotopic (exact) mass is 525 g/mol. The van der Waals surface area contributed by atoms with Crippen molar-refractivity contribution in [1.82, 2.24) is 19.5 Å². The second-order valence-electron chi connectivity index (χ2n) is 8.32. The number of anilines is 1. The van der Waals surface area contributed by atoms with Crippen LogP contribution in [-0.2, 0) is 0 Å². The van der Waals surface area contributed by atoms with Gasteiger partial charge in [-0.1, -0.05) is 58.8 Å². The number of furan rings is 1. The molecule has 1 fully saturated rings. The Morgan fingerprint density at radius 2 is 1.77 bits per heavy atom. The summed E-state index contributed by atoms with van der Waals surface area (Å²) in [6.45, 7) is 3.30. The summed E-state index contributed by atoms with van der Waals surface area (Å²) in [5.41, 5.74) is 2.09. The van der Waals surface area contributed by atoms with Crippen LogP contribution < -0.4 is 4.90 Å². The van der Waals surface area contributed by atoms with Gasteiger partial charge in [0, 0.05) is 41.9 Å².